The summed E-state index contributed by atoms with van der Waals surface area (Å²) in [6.07, 6.45) is 3.16. The average Bonchev–Trinajstić information content (AvgIpc) is 2.42. The second kappa shape index (κ2) is 6.23. The van der Waals surface area contributed by atoms with Gasteiger partial charge in [0.25, 0.3) is 0 Å². The number of carboxylic acid groups (broad SMARTS) is 1. The molecule has 19 heavy (non-hydrogen) atoms. The first kappa shape index (κ1) is 13.4. The Labute approximate surface area is 112 Å². The minimum Gasteiger partial charge on any atom is -0.493 e. The zero-order chi connectivity index (χ0) is 13.7. The van der Waals surface area contributed by atoms with Crippen LogP contribution in [-0.4, -0.2) is 17.7 Å². The monoisotopic (exact) mass is 258 g/mol. The minimum atomic E-state index is -0.942. The third kappa shape index (κ3) is 3.05. The highest BCUT2D eigenvalue weighted by Crippen LogP contribution is 2.28. The summed E-state index contributed by atoms with van der Waals surface area (Å²) in [6.45, 7) is 2.69. The molecule has 0 amide bonds. The first-order valence-corrected chi connectivity index (χ1v) is 6.62. The molecule has 2 aromatic carbocycles. The first-order valence-electron chi connectivity index (χ1n) is 6.62. The van der Waals surface area contributed by atoms with Crippen molar-refractivity contribution >= 4 is 16.7 Å². The Morgan fingerprint density at radius 2 is 1.95 bits per heavy atom. The predicted octanol–water partition coefficient (Wildman–Crippen LogP) is 4.11. The molecule has 100 valence electrons. The molecule has 0 atom stereocenters. The van der Waals surface area contributed by atoms with Gasteiger partial charge in [0.15, 0.2) is 0 Å². The molecule has 0 heterocycles. The van der Waals surface area contributed by atoms with Crippen LogP contribution >= 0.6 is 0 Å². The van der Waals surface area contributed by atoms with Gasteiger partial charge in [0, 0.05) is 0 Å². The molecule has 0 radical (unpaired) electrons. The third-order valence-electron chi connectivity index (χ3n) is 3.11. The van der Waals surface area contributed by atoms with Gasteiger partial charge in [0.1, 0.15) is 11.3 Å². The fourth-order valence-corrected chi connectivity index (χ4v) is 2.13. The molecule has 0 saturated heterocycles. The van der Waals surface area contributed by atoms with E-state index in [0.29, 0.717) is 12.4 Å². The summed E-state index contributed by atoms with van der Waals surface area (Å²) in [7, 11) is 0. The van der Waals surface area contributed by atoms with Crippen LogP contribution in [0.3, 0.4) is 0 Å². The summed E-state index contributed by atoms with van der Waals surface area (Å²) in [4.78, 5) is 11.4. The summed E-state index contributed by atoms with van der Waals surface area (Å²) in [5, 5.41) is 11.0. The van der Waals surface area contributed by atoms with Crippen LogP contribution in [0.15, 0.2) is 36.4 Å². The van der Waals surface area contributed by atoms with Gasteiger partial charge in [-0.3, -0.25) is 0 Å². The van der Waals surface area contributed by atoms with Crippen LogP contribution in [0.2, 0.25) is 0 Å². The molecule has 0 spiro atoms. The van der Waals surface area contributed by atoms with Crippen LogP contribution in [0.25, 0.3) is 10.8 Å². The molecule has 0 unspecified atom stereocenters. The lowest BCUT2D eigenvalue weighted by atomic mass is 10.0. The Hall–Kier alpha value is -2.03. The Morgan fingerprint density at radius 3 is 2.68 bits per heavy atom. The van der Waals surface area contributed by atoms with Crippen LogP contribution in [0.1, 0.15) is 36.5 Å². The molecule has 0 fully saturated rings. The molecular formula is C16H18O3. The smallest absolute Gasteiger partial charge is 0.340 e. The summed E-state index contributed by atoms with van der Waals surface area (Å²) in [5.74, 6) is -0.482. The van der Waals surface area contributed by atoms with Crippen molar-refractivity contribution in [2.75, 3.05) is 6.61 Å². The second-order valence-electron chi connectivity index (χ2n) is 4.52. The molecular weight excluding hydrogens is 240 g/mol. The fourth-order valence-electron chi connectivity index (χ4n) is 2.13. The van der Waals surface area contributed by atoms with Crippen LogP contribution in [0.5, 0.6) is 5.75 Å². The Balaban J connectivity index is 2.32. The molecule has 0 aliphatic rings. The van der Waals surface area contributed by atoms with Crippen molar-refractivity contribution in [1.82, 2.24) is 0 Å². The normalized spacial score (nSPS) is 10.6. The summed E-state index contributed by atoms with van der Waals surface area (Å²) >= 11 is 0. The predicted molar refractivity (Wildman–Crippen MR) is 75.9 cm³/mol. The van der Waals surface area contributed by atoms with E-state index in [0.717, 1.165) is 30.0 Å². The van der Waals surface area contributed by atoms with Crippen molar-refractivity contribution in [3.05, 3.63) is 42.0 Å². The highest BCUT2D eigenvalue weighted by Gasteiger charge is 2.15. The van der Waals surface area contributed by atoms with E-state index in [1.807, 2.05) is 30.3 Å². The van der Waals surface area contributed by atoms with Crippen molar-refractivity contribution < 1.29 is 14.6 Å². The van der Waals surface area contributed by atoms with Gasteiger partial charge in [-0.1, -0.05) is 50.1 Å². The third-order valence-corrected chi connectivity index (χ3v) is 3.11. The number of benzene rings is 2. The number of carboxylic acids is 1. The Kier molecular flexibility index (Phi) is 4.39. The average molecular weight is 258 g/mol. The SMILES string of the molecule is CCCCCOc1ccc2ccccc2c1C(=O)O. The van der Waals surface area contributed by atoms with Crippen molar-refractivity contribution in [1.29, 1.82) is 0 Å². The van der Waals surface area contributed by atoms with Gasteiger partial charge in [0.05, 0.1) is 6.61 Å². The van der Waals surface area contributed by atoms with Gasteiger partial charge in [-0.2, -0.15) is 0 Å². The number of aromatic carboxylic acids is 1. The number of unbranched alkanes of at least 4 members (excludes halogenated alkanes) is 2. The molecule has 0 aliphatic carbocycles. The number of fused-ring (bicyclic) bond motifs is 1. The lowest BCUT2D eigenvalue weighted by molar-refractivity contribution is 0.0694. The highest BCUT2D eigenvalue weighted by molar-refractivity contribution is 6.06. The van der Waals surface area contributed by atoms with Crippen molar-refractivity contribution in [3.63, 3.8) is 0 Å². The van der Waals surface area contributed by atoms with Gasteiger partial charge < -0.3 is 9.84 Å². The van der Waals surface area contributed by atoms with E-state index in [-0.39, 0.29) is 5.56 Å². The maximum Gasteiger partial charge on any atom is 0.340 e. The molecule has 1 N–H and O–H groups in total. The van der Waals surface area contributed by atoms with Crippen LogP contribution < -0.4 is 4.74 Å². The maximum absolute atomic E-state index is 11.4. The van der Waals surface area contributed by atoms with Gasteiger partial charge in [0.2, 0.25) is 0 Å². The molecule has 0 aromatic heterocycles. The Morgan fingerprint density at radius 1 is 1.16 bits per heavy atom. The number of hydrogen-bond acceptors (Lipinski definition) is 2. The maximum atomic E-state index is 11.4. The number of carbonyl (C=O) groups is 1. The second-order valence-corrected chi connectivity index (χ2v) is 4.52. The Bertz CT molecular complexity index is 575. The standard InChI is InChI=1S/C16H18O3/c1-2-3-6-11-19-14-10-9-12-7-4-5-8-13(12)15(14)16(17)18/h4-5,7-10H,2-3,6,11H2,1H3,(H,17,18). The minimum absolute atomic E-state index is 0.259. The zero-order valence-corrected chi connectivity index (χ0v) is 11.1. The van der Waals surface area contributed by atoms with Gasteiger partial charge in [-0.15, -0.1) is 0 Å². The summed E-state index contributed by atoms with van der Waals surface area (Å²) in [5.41, 5.74) is 0.259. The van der Waals surface area contributed by atoms with Crippen molar-refractivity contribution in [3.8, 4) is 5.75 Å². The van der Waals surface area contributed by atoms with Crippen LogP contribution in [0.4, 0.5) is 0 Å². The van der Waals surface area contributed by atoms with Crippen LogP contribution in [-0.2, 0) is 0 Å². The molecule has 0 saturated carbocycles. The van der Waals surface area contributed by atoms with Crippen molar-refractivity contribution in [2.45, 2.75) is 26.2 Å². The largest absolute Gasteiger partial charge is 0.493 e. The van der Waals surface area contributed by atoms with Gasteiger partial charge in [-0.25, -0.2) is 4.79 Å². The molecule has 2 rings (SSSR count). The van der Waals surface area contributed by atoms with E-state index in [1.54, 1.807) is 6.07 Å². The summed E-state index contributed by atoms with van der Waals surface area (Å²) < 4.78 is 5.63. The van der Waals surface area contributed by atoms with E-state index in [9.17, 15) is 9.90 Å². The fraction of sp³-hybridized carbons (Fsp3) is 0.312. The number of hydrogen-bond donors (Lipinski definition) is 1. The van der Waals surface area contributed by atoms with Gasteiger partial charge >= 0.3 is 5.97 Å². The van der Waals surface area contributed by atoms with Crippen LogP contribution in [0, 0.1) is 0 Å². The first-order chi connectivity index (χ1) is 9.24. The number of rotatable bonds is 6. The molecule has 0 bridgehead atoms. The molecule has 0 aliphatic heterocycles. The van der Waals surface area contributed by atoms with E-state index in [4.69, 9.17) is 4.74 Å². The van der Waals surface area contributed by atoms with Crippen molar-refractivity contribution in [2.24, 2.45) is 0 Å². The summed E-state index contributed by atoms with van der Waals surface area (Å²) in [6, 6.07) is 11.1. The number of ether oxygens (including phenoxy) is 1. The van der Waals surface area contributed by atoms with E-state index in [2.05, 4.69) is 6.92 Å². The lowest BCUT2D eigenvalue weighted by Crippen LogP contribution is -2.05. The lowest BCUT2D eigenvalue weighted by Gasteiger charge is -2.11. The highest BCUT2D eigenvalue weighted by atomic mass is 16.5. The van der Waals surface area contributed by atoms with E-state index in [1.165, 1.54) is 0 Å². The molecule has 3 heteroatoms. The molecule has 3 nitrogen and oxygen atoms in total. The molecule has 2 aromatic rings. The van der Waals surface area contributed by atoms with E-state index < -0.39 is 5.97 Å². The zero-order valence-electron chi connectivity index (χ0n) is 11.1. The quantitative estimate of drug-likeness (QED) is 0.793. The van der Waals surface area contributed by atoms with E-state index >= 15 is 0 Å². The van der Waals surface area contributed by atoms with Gasteiger partial charge in [-0.05, 0) is 23.3 Å². The topological polar surface area (TPSA) is 46.5 Å².